The van der Waals surface area contributed by atoms with E-state index in [1.54, 1.807) is 17.2 Å². The van der Waals surface area contributed by atoms with Gasteiger partial charge in [0.25, 0.3) is 0 Å². The maximum Gasteiger partial charge on any atom is 0.135 e. The first-order valence-electron chi connectivity index (χ1n) is 15.5. The number of aliphatic imine (C=N–C) groups is 1. The highest BCUT2D eigenvalue weighted by atomic mass is 35.5. The average molecular weight is 648 g/mol. The highest BCUT2D eigenvalue weighted by molar-refractivity contribution is 6.42. The minimum atomic E-state index is -0.956. The summed E-state index contributed by atoms with van der Waals surface area (Å²) in [5.74, 6) is 0.657. The lowest BCUT2D eigenvalue weighted by molar-refractivity contribution is 0.150. The Labute approximate surface area is 272 Å². The Kier molecular flexibility index (Phi) is 7.96. The van der Waals surface area contributed by atoms with Gasteiger partial charge in [-0.05, 0) is 63.5 Å². The highest BCUT2D eigenvalue weighted by Gasteiger charge is 2.43. The van der Waals surface area contributed by atoms with Crippen LogP contribution in [0.2, 0.25) is 10.0 Å². The molecule has 8 nitrogen and oxygen atoms in total. The van der Waals surface area contributed by atoms with E-state index in [2.05, 4.69) is 56.4 Å². The molecule has 3 aliphatic heterocycles. The molecule has 1 spiro atoms. The van der Waals surface area contributed by atoms with Gasteiger partial charge in [0.05, 0.1) is 28.6 Å². The van der Waals surface area contributed by atoms with Gasteiger partial charge in [0.1, 0.15) is 23.6 Å². The normalized spacial score (nSPS) is 20.2. The van der Waals surface area contributed by atoms with E-state index in [1.807, 2.05) is 36.8 Å². The van der Waals surface area contributed by atoms with Crippen LogP contribution in [0.3, 0.4) is 0 Å². The molecule has 45 heavy (non-hydrogen) atoms. The average Bonchev–Trinajstić information content (AvgIpc) is 3.73. The number of anilines is 1. The molecular weight excluding hydrogens is 610 g/mol. The number of aromatic nitrogens is 4. The second-order valence-corrected chi connectivity index (χ2v) is 13.3. The van der Waals surface area contributed by atoms with Gasteiger partial charge in [0.15, 0.2) is 0 Å². The molecule has 11 heteroatoms. The van der Waals surface area contributed by atoms with Crippen LogP contribution in [-0.4, -0.2) is 57.5 Å². The predicted molar refractivity (Wildman–Crippen MR) is 181 cm³/mol. The van der Waals surface area contributed by atoms with Crippen LogP contribution in [0, 0.1) is 5.41 Å². The van der Waals surface area contributed by atoms with Gasteiger partial charge in [-0.15, -0.1) is 0 Å². The molecule has 1 unspecified atom stereocenters. The molecule has 0 bridgehead atoms. The lowest BCUT2D eigenvalue weighted by atomic mass is 9.72. The van der Waals surface area contributed by atoms with E-state index in [0.29, 0.717) is 43.6 Å². The van der Waals surface area contributed by atoms with Crippen molar-refractivity contribution in [2.24, 2.45) is 10.4 Å². The van der Waals surface area contributed by atoms with Crippen molar-refractivity contribution in [3.8, 4) is 11.1 Å². The van der Waals surface area contributed by atoms with E-state index in [-0.39, 0.29) is 13.0 Å². The molecule has 2 saturated heterocycles. The molecule has 2 aromatic carbocycles. The summed E-state index contributed by atoms with van der Waals surface area (Å²) in [6.45, 7) is 12.8. The third kappa shape index (κ3) is 5.55. The number of alkyl halides is 1. The van der Waals surface area contributed by atoms with Crippen molar-refractivity contribution < 1.29 is 4.39 Å². The number of rotatable bonds is 7. The van der Waals surface area contributed by atoms with Gasteiger partial charge in [0, 0.05) is 65.4 Å². The number of halogens is 3. The van der Waals surface area contributed by atoms with Crippen molar-refractivity contribution in [3.05, 3.63) is 88.8 Å². The molecule has 2 aromatic heterocycles. The van der Waals surface area contributed by atoms with Crippen LogP contribution in [0.4, 0.5) is 10.1 Å². The van der Waals surface area contributed by atoms with E-state index < -0.39 is 12.2 Å². The minimum absolute atomic E-state index is 0.281. The van der Waals surface area contributed by atoms with Gasteiger partial charge in [-0.2, -0.15) is 5.10 Å². The highest BCUT2D eigenvalue weighted by Crippen LogP contribution is 2.43. The molecular formula is C34H37Cl2FN8. The fraction of sp³-hybridized carbons (Fsp3) is 0.382. The first-order chi connectivity index (χ1) is 21.7. The van der Waals surface area contributed by atoms with Crippen LogP contribution in [-0.2, 0) is 13.0 Å². The van der Waals surface area contributed by atoms with Gasteiger partial charge in [-0.25, -0.2) is 14.4 Å². The summed E-state index contributed by atoms with van der Waals surface area (Å²) in [7, 11) is 0. The Morgan fingerprint density at radius 3 is 2.71 bits per heavy atom. The monoisotopic (exact) mass is 646 g/mol. The Morgan fingerprint density at radius 1 is 1.22 bits per heavy atom. The van der Waals surface area contributed by atoms with E-state index in [9.17, 15) is 4.39 Å². The number of nitrogens with one attached hydrogen (secondary N) is 2. The molecule has 2 fully saturated rings. The van der Waals surface area contributed by atoms with E-state index in [4.69, 9.17) is 28.3 Å². The van der Waals surface area contributed by atoms with Gasteiger partial charge >= 0.3 is 0 Å². The summed E-state index contributed by atoms with van der Waals surface area (Å²) in [6, 6.07) is 9.88. The third-order valence-electron chi connectivity index (χ3n) is 9.37. The quantitative estimate of drug-likeness (QED) is 0.168. The smallest absolute Gasteiger partial charge is 0.135 e. The first-order valence-corrected chi connectivity index (χ1v) is 16.2. The second-order valence-electron chi connectivity index (χ2n) is 12.5. The number of allylic oxidation sites excluding steroid dienone is 2. The summed E-state index contributed by atoms with van der Waals surface area (Å²) in [6.07, 6.45) is 8.91. The number of fused-ring (bicyclic) bond motifs is 2. The number of hydrogen-bond donors (Lipinski definition) is 2. The molecule has 0 saturated carbocycles. The van der Waals surface area contributed by atoms with E-state index in [0.717, 1.165) is 43.0 Å². The summed E-state index contributed by atoms with van der Waals surface area (Å²) in [5, 5.41) is 13.5. The van der Waals surface area contributed by atoms with Crippen LogP contribution in [0.5, 0.6) is 0 Å². The Hall–Kier alpha value is -3.66. The molecule has 2 N–H and O–H groups in total. The topological polar surface area (TPSA) is 75.3 Å². The van der Waals surface area contributed by atoms with Gasteiger partial charge in [0.2, 0.25) is 0 Å². The fourth-order valence-corrected chi connectivity index (χ4v) is 7.58. The Bertz CT molecular complexity index is 1810. The predicted octanol–water partition coefficient (Wildman–Crippen LogP) is 6.94. The van der Waals surface area contributed by atoms with Crippen molar-refractivity contribution in [2.75, 3.05) is 31.1 Å². The zero-order chi connectivity index (χ0) is 31.3. The molecule has 0 aliphatic carbocycles. The molecule has 0 amide bonds. The number of amidine groups is 1. The maximum atomic E-state index is 14.4. The molecule has 234 valence electrons. The number of imidazole rings is 1. The molecule has 5 heterocycles. The van der Waals surface area contributed by atoms with Crippen LogP contribution < -0.4 is 15.5 Å². The summed E-state index contributed by atoms with van der Waals surface area (Å²) < 4.78 is 18.1. The zero-order valence-corrected chi connectivity index (χ0v) is 27.0. The van der Waals surface area contributed by atoms with Gasteiger partial charge < -0.3 is 20.1 Å². The van der Waals surface area contributed by atoms with E-state index in [1.165, 1.54) is 18.5 Å². The van der Waals surface area contributed by atoms with Crippen LogP contribution in [0.1, 0.15) is 44.1 Å². The minimum Gasteiger partial charge on any atom is -0.370 e. The van der Waals surface area contributed by atoms with Gasteiger partial charge in [-0.1, -0.05) is 48.0 Å². The number of nitrogens with zero attached hydrogens (tertiary/aromatic N) is 6. The Morgan fingerprint density at radius 2 is 1.98 bits per heavy atom. The lowest BCUT2D eigenvalue weighted by Gasteiger charge is -2.53. The summed E-state index contributed by atoms with van der Waals surface area (Å²) in [4.78, 5) is 11.5. The number of piperidine rings is 1. The van der Waals surface area contributed by atoms with Crippen molar-refractivity contribution in [1.29, 1.82) is 0 Å². The zero-order valence-electron chi connectivity index (χ0n) is 25.5. The van der Waals surface area contributed by atoms with Gasteiger partial charge in [-0.3, -0.25) is 4.68 Å². The lowest BCUT2D eigenvalue weighted by Crippen LogP contribution is -2.60. The van der Waals surface area contributed by atoms with Crippen molar-refractivity contribution in [3.63, 3.8) is 0 Å². The second kappa shape index (κ2) is 11.9. The van der Waals surface area contributed by atoms with Crippen LogP contribution >= 0.6 is 23.2 Å². The molecule has 7 rings (SSSR count). The fourth-order valence-electron chi connectivity index (χ4n) is 7.03. The van der Waals surface area contributed by atoms with Crippen molar-refractivity contribution in [2.45, 2.75) is 51.9 Å². The van der Waals surface area contributed by atoms with E-state index >= 15 is 0 Å². The van der Waals surface area contributed by atoms with Crippen LogP contribution in [0.25, 0.3) is 22.0 Å². The standard InChI is InChI=1S/C34H37Cl2FN8/c1-4-11-39-22(3)41-21(2)33(32-29-14-24(37)16-43(29)20-40-32)45-17-27-28(35)15-26(30(36)31(27)42-45)23-5-7-25(8-6-23)44-18-34(19-44)9-12-38-13-10-34/h4-8,11,15,17,20,24,33,38H,2,9-10,12-14,16,18-19H2,1,3H3,(H,39,41)/b11-4-/t24-,33?/m1/s1. The largest absolute Gasteiger partial charge is 0.370 e. The SMILES string of the molecule is C=C(NC(C)=N/C=C\C)C(c1ncn2c1C[C@@H](F)C2)n1cc2c(Cl)cc(-c3ccc(N4CC5(CCNCC5)C4)cc3)c(Cl)c2n1. The van der Waals surface area contributed by atoms with Crippen LogP contribution in [0.15, 0.2) is 72.4 Å². The Balaban J connectivity index is 1.21. The van der Waals surface area contributed by atoms with Crippen molar-refractivity contribution in [1.82, 2.24) is 30.0 Å². The van der Waals surface area contributed by atoms with Crippen molar-refractivity contribution >= 4 is 45.6 Å². The first kappa shape index (κ1) is 30.0. The summed E-state index contributed by atoms with van der Waals surface area (Å²) in [5.41, 5.74) is 6.15. The number of benzene rings is 2. The molecule has 4 aromatic rings. The molecule has 0 radical (unpaired) electrons. The maximum absolute atomic E-state index is 14.4. The molecule has 3 aliphatic rings. The third-order valence-corrected chi connectivity index (χ3v) is 10.1. The number of hydrogen-bond acceptors (Lipinski definition) is 5. The molecule has 2 atom stereocenters. The summed E-state index contributed by atoms with van der Waals surface area (Å²) >= 11 is 14.0.